The Balaban J connectivity index is 2.32. The van der Waals surface area contributed by atoms with E-state index in [9.17, 15) is 0 Å². The smallest absolute Gasteiger partial charge is 0.0820 e. The van der Waals surface area contributed by atoms with Crippen LogP contribution in [0.15, 0.2) is 18.5 Å². The first-order chi connectivity index (χ1) is 7.77. The van der Waals surface area contributed by atoms with Crippen molar-refractivity contribution in [1.82, 2.24) is 9.88 Å². The van der Waals surface area contributed by atoms with Crippen molar-refractivity contribution in [2.24, 2.45) is 0 Å². The molecule has 16 heavy (non-hydrogen) atoms. The van der Waals surface area contributed by atoms with Crippen LogP contribution in [-0.2, 0) is 0 Å². The van der Waals surface area contributed by atoms with Gasteiger partial charge in [-0.25, -0.2) is 0 Å². The quantitative estimate of drug-likeness (QED) is 0.796. The predicted octanol–water partition coefficient (Wildman–Crippen LogP) is 2.88. The molecule has 0 unspecified atom stereocenters. The predicted molar refractivity (Wildman–Crippen MR) is 70.1 cm³/mol. The van der Waals surface area contributed by atoms with Gasteiger partial charge in [-0.05, 0) is 25.6 Å². The van der Waals surface area contributed by atoms with Gasteiger partial charge >= 0.3 is 0 Å². The van der Waals surface area contributed by atoms with Crippen LogP contribution in [0.4, 0.5) is 5.69 Å². The minimum Gasteiger partial charge on any atom is -0.382 e. The number of nitrogens with one attached hydrogen (secondary N) is 1. The van der Waals surface area contributed by atoms with Gasteiger partial charge in [-0.1, -0.05) is 25.4 Å². The summed E-state index contributed by atoms with van der Waals surface area (Å²) < 4.78 is 0. The monoisotopic (exact) mass is 241 g/mol. The third kappa shape index (κ3) is 4.37. The van der Waals surface area contributed by atoms with Crippen molar-refractivity contribution in [3.63, 3.8) is 0 Å². The molecule has 0 aliphatic carbocycles. The molecule has 0 fully saturated rings. The van der Waals surface area contributed by atoms with Crippen molar-refractivity contribution in [2.75, 3.05) is 31.5 Å². The average Bonchev–Trinajstić information content (AvgIpc) is 2.30. The van der Waals surface area contributed by atoms with Gasteiger partial charge in [-0.15, -0.1) is 0 Å². The first-order valence-electron chi connectivity index (χ1n) is 5.83. The standard InChI is InChI=1S/C12H20ClN3/c1-3-8-16(4-2)9-7-15-12-5-6-14-10-11(12)13/h5-6,10H,3-4,7-9H2,1-2H3,(H,14,15). The number of aromatic nitrogens is 1. The van der Waals surface area contributed by atoms with E-state index in [0.717, 1.165) is 31.9 Å². The minimum atomic E-state index is 0.682. The molecule has 1 rings (SSSR count). The number of hydrogen-bond donors (Lipinski definition) is 1. The molecule has 1 aromatic heterocycles. The van der Waals surface area contributed by atoms with E-state index < -0.39 is 0 Å². The van der Waals surface area contributed by atoms with Gasteiger partial charge in [-0.3, -0.25) is 4.98 Å². The molecule has 0 saturated carbocycles. The van der Waals surface area contributed by atoms with Crippen molar-refractivity contribution in [2.45, 2.75) is 20.3 Å². The van der Waals surface area contributed by atoms with Gasteiger partial charge in [0.1, 0.15) is 0 Å². The fraction of sp³-hybridized carbons (Fsp3) is 0.583. The van der Waals surface area contributed by atoms with Gasteiger partial charge in [0.2, 0.25) is 0 Å². The average molecular weight is 242 g/mol. The SMILES string of the molecule is CCCN(CC)CCNc1ccncc1Cl. The molecule has 1 aromatic rings. The Bertz CT molecular complexity index is 304. The van der Waals surface area contributed by atoms with Crippen LogP contribution in [0, 0.1) is 0 Å². The zero-order chi connectivity index (χ0) is 11.8. The van der Waals surface area contributed by atoms with E-state index in [0.29, 0.717) is 5.02 Å². The highest BCUT2D eigenvalue weighted by atomic mass is 35.5. The summed E-state index contributed by atoms with van der Waals surface area (Å²) in [5, 5.41) is 4.00. The maximum Gasteiger partial charge on any atom is 0.0820 e. The molecular weight excluding hydrogens is 222 g/mol. The number of pyridine rings is 1. The number of hydrogen-bond acceptors (Lipinski definition) is 3. The lowest BCUT2D eigenvalue weighted by Crippen LogP contribution is -2.29. The Kier molecular flexibility index (Phi) is 6.19. The van der Waals surface area contributed by atoms with Gasteiger partial charge in [-0.2, -0.15) is 0 Å². The number of anilines is 1. The van der Waals surface area contributed by atoms with E-state index in [-0.39, 0.29) is 0 Å². The summed E-state index contributed by atoms with van der Waals surface area (Å²) in [6.07, 6.45) is 4.61. The highest BCUT2D eigenvalue weighted by molar-refractivity contribution is 6.33. The molecule has 3 nitrogen and oxygen atoms in total. The minimum absolute atomic E-state index is 0.682. The van der Waals surface area contributed by atoms with Crippen molar-refractivity contribution in [1.29, 1.82) is 0 Å². The summed E-state index contributed by atoms with van der Waals surface area (Å²) in [6.45, 7) is 8.60. The van der Waals surface area contributed by atoms with Gasteiger partial charge in [0.15, 0.2) is 0 Å². The summed E-state index contributed by atoms with van der Waals surface area (Å²) in [5.41, 5.74) is 0.962. The van der Waals surface area contributed by atoms with E-state index >= 15 is 0 Å². The molecule has 0 saturated heterocycles. The van der Waals surface area contributed by atoms with Crippen LogP contribution in [0.5, 0.6) is 0 Å². The largest absolute Gasteiger partial charge is 0.382 e. The molecular formula is C12H20ClN3. The maximum atomic E-state index is 6.00. The van der Waals surface area contributed by atoms with E-state index in [1.54, 1.807) is 12.4 Å². The maximum absolute atomic E-state index is 6.00. The summed E-state index contributed by atoms with van der Waals surface area (Å²) in [6, 6.07) is 1.90. The topological polar surface area (TPSA) is 28.2 Å². The number of halogens is 1. The zero-order valence-electron chi connectivity index (χ0n) is 10.0. The van der Waals surface area contributed by atoms with E-state index in [1.807, 2.05) is 6.07 Å². The van der Waals surface area contributed by atoms with Crippen LogP contribution in [0.2, 0.25) is 5.02 Å². The molecule has 0 radical (unpaired) electrons. The number of likely N-dealkylation sites (N-methyl/N-ethyl adjacent to an activating group) is 1. The molecule has 0 aromatic carbocycles. The van der Waals surface area contributed by atoms with Crippen molar-refractivity contribution in [3.8, 4) is 0 Å². The Labute approximate surface area is 103 Å². The van der Waals surface area contributed by atoms with Crippen LogP contribution in [-0.4, -0.2) is 36.1 Å². The van der Waals surface area contributed by atoms with Gasteiger partial charge in [0, 0.05) is 25.5 Å². The Morgan fingerprint density at radius 3 is 2.81 bits per heavy atom. The van der Waals surface area contributed by atoms with Crippen molar-refractivity contribution < 1.29 is 0 Å². The molecule has 0 bridgehead atoms. The Morgan fingerprint density at radius 2 is 2.19 bits per heavy atom. The molecule has 0 aliphatic rings. The van der Waals surface area contributed by atoms with Crippen LogP contribution in [0.25, 0.3) is 0 Å². The lowest BCUT2D eigenvalue weighted by Gasteiger charge is -2.20. The van der Waals surface area contributed by atoms with Crippen molar-refractivity contribution >= 4 is 17.3 Å². The zero-order valence-corrected chi connectivity index (χ0v) is 10.8. The highest BCUT2D eigenvalue weighted by Crippen LogP contribution is 2.18. The first-order valence-corrected chi connectivity index (χ1v) is 6.21. The van der Waals surface area contributed by atoms with Crippen LogP contribution < -0.4 is 5.32 Å². The molecule has 4 heteroatoms. The number of nitrogens with zero attached hydrogens (tertiary/aromatic N) is 2. The second-order valence-corrected chi connectivity index (χ2v) is 4.12. The second kappa shape index (κ2) is 7.47. The van der Waals surface area contributed by atoms with Gasteiger partial charge in [0.05, 0.1) is 10.7 Å². The Morgan fingerprint density at radius 1 is 1.38 bits per heavy atom. The Hall–Kier alpha value is -0.800. The lowest BCUT2D eigenvalue weighted by atomic mass is 10.3. The van der Waals surface area contributed by atoms with Crippen LogP contribution in [0.3, 0.4) is 0 Å². The molecule has 0 amide bonds. The third-order valence-electron chi connectivity index (χ3n) is 2.50. The molecule has 0 aliphatic heterocycles. The van der Waals surface area contributed by atoms with Crippen molar-refractivity contribution in [3.05, 3.63) is 23.5 Å². The summed E-state index contributed by atoms with van der Waals surface area (Å²) in [4.78, 5) is 6.37. The molecule has 1 heterocycles. The number of rotatable bonds is 7. The fourth-order valence-corrected chi connectivity index (χ4v) is 1.80. The van der Waals surface area contributed by atoms with E-state index in [2.05, 4.69) is 29.0 Å². The van der Waals surface area contributed by atoms with Gasteiger partial charge in [0.25, 0.3) is 0 Å². The van der Waals surface area contributed by atoms with Gasteiger partial charge < -0.3 is 10.2 Å². The summed E-state index contributed by atoms with van der Waals surface area (Å²) in [5.74, 6) is 0. The third-order valence-corrected chi connectivity index (χ3v) is 2.80. The molecule has 0 spiro atoms. The molecule has 90 valence electrons. The van der Waals surface area contributed by atoms with E-state index in [4.69, 9.17) is 11.6 Å². The van der Waals surface area contributed by atoms with E-state index in [1.165, 1.54) is 6.42 Å². The highest BCUT2D eigenvalue weighted by Gasteiger charge is 2.01. The first kappa shape index (κ1) is 13.3. The second-order valence-electron chi connectivity index (χ2n) is 3.72. The summed E-state index contributed by atoms with van der Waals surface area (Å²) >= 11 is 6.00. The van der Waals surface area contributed by atoms with Crippen LogP contribution >= 0.6 is 11.6 Å². The molecule has 1 N–H and O–H groups in total. The van der Waals surface area contributed by atoms with Crippen LogP contribution in [0.1, 0.15) is 20.3 Å². The summed E-state index contributed by atoms with van der Waals surface area (Å²) in [7, 11) is 0. The molecule has 0 atom stereocenters. The fourth-order valence-electron chi connectivity index (χ4n) is 1.61. The lowest BCUT2D eigenvalue weighted by molar-refractivity contribution is 0.300. The normalized spacial score (nSPS) is 10.8.